The molecule has 0 spiro atoms. The number of rotatable bonds is 1. The highest BCUT2D eigenvalue weighted by atomic mass is 19.2. The Morgan fingerprint density at radius 3 is 2.44 bits per heavy atom. The Hall–Kier alpha value is -2.24. The van der Waals surface area contributed by atoms with Crippen LogP contribution in [0, 0.1) is 24.5 Å². The zero-order valence-electron chi connectivity index (χ0n) is 9.34. The van der Waals surface area contributed by atoms with Gasteiger partial charge in [0.05, 0.1) is 11.3 Å². The topological polar surface area (TPSA) is 59.1 Å². The highest BCUT2D eigenvalue weighted by molar-refractivity contribution is 5.81. The number of halogens is 3. The number of anilines is 1. The highest BCUT2D eigenvalue weighted by Gasteiger charge is 2.21. The maximum Gasteiger partial charge on any atom is 0.252 e. The lowest BCUT2D eigenvalue weighted by Gasteiger charge is -2.11. The third-order valence-corrected chi connectivity index (χ3v) is 2.58. The number of pyridine rings is 1. The second-order valence-corrected chi connectivity index (χ2v) is 3.75. The van der Waals surface area contributed by atoms with Crippen molar-refractivity contribution in [3.8, 4) is 17.0 Å². The Morgan fingerprint density at radius 1 is 1.17 bits per heavy atom. The molecule has 3 nitrogen and oxygen atoms in total. The van der Waals surface area contributed by atoms with Gasteiger partial charge in [-0.3, -0.25) is 0 Å². The average Bonchev–Trinajstić information content (AvgIpc) is 2.32. The van der Waals surface area contributed by atoms with Crippen LogP contribution in [0.2, 0.25) is 0 Å². The summed E-state index contributed by atoms with van der Waals surface area (Å²) in [6.45, 7) is 1.23. The van der Waals surface area contributed by atoms with Crippen LogP contribution in [0.1, 0.15) is 5.56 Å². The summed E-state index contributed by atoms with van der Waals surface area (Å²) in [5, 5.41) is 9.66. The molecule has 1 aromatic carbocycles. The number of phenolic OH excluding ortho intramolecular Hbond substituents is 1. The van der Waals surface area contributed by atoms with Crippen molar-refractivity contribution in [2.45, 2.75) is 6.92 Å². The Labute approximate surface area is 101 Å². The smallest absolute Gasteiger partial charge is 0.252 e. The van der Waals surface area contributed by atoms with E-state index in [-0.39, 0.29) is 28.3 Å². The van der Waals surface area contributed by atoms with Gasteiger partial charge in [0, 0.05) is 11.3 Å². The molecule has 0 aliphatic heterocycles. The van der Waals surface area contributed by atoms with E-state index in [0.29, 0.717) is 0 Å². The lowest BCUT2D eigenvalue weighted by molar-refractivity contribution is 0.424. The van der Waals surface area contributed by atoms with E-state index in [1.165, 1.54) is 25.1 Å². The number of nitrogen functional groups attached to an aromatic ring is 1. The molecule has 3 N–H and O–H groups in total. The standard InChI is InChI=1S/C12H9F3N2O/c1-5-9(13)10(14)12(15)17-11(5)8-6(16)3-2-4-7(8)18/h2-4,18H,16H2,1H3. The molecule has 1 heterocycles. The number of hydrogen-bond acceptors (Lipinski definition) is 3. The van der Waals surface area contributed by atoms with E-state index in [1.807, 2.05) is 0 Å². The van der Waals surface area contributed by atoms with E-state index in [0.717, 1.165) is 0 Å². The molecule has 0 fully saturated rings. The first-order valence-electron chi connectivity index (χ1n) is 5.02. The van der Waals surface area contributed by atoms with Crippen molar-refractivity contribution in [1.29, 1.82) is 0 Å². The van der Waals surface area contributed by atoms with E-state index in [1.54, 1.807) is 0 Å². The predicted octanol–water partition coefficient (Wildman–Crippen LogP) is 2.76. The van der Waals surface area contributed by atoms with Gasteiger partial charge in [0.15, 0.2) is 5.82 Å². The summed E-state index contributed by atoms with van der Waals surface area (Å²) in [6.07, 6.45) is 0. The molecule has 6 heteroatoms. The maximum absolute atomic E-state index is 13.4. The van der Waals surface area contributed by atoms with E-state index in [2.05, 4.69) is 4.98 Å². The largest absolute Gasteiger partial charge is 0.507 e. The fourth-order valence-corrected chi connectivity index (χ4v) is 1.65. The van der Waals surface area contributed by atoms with Crippen molar-refractivity contribution in [3.05, 3.63) is 41.3 Å². The number of hydrogen-bond donors (Lipinski definition) is 2. The zero-order chi connectivity index (χ0) is 13.4. The SMILES string of the molecule is Cc1c(-c2c(N)cccc2O)nc(F)c(F)c1F. The Kier molecular flexibility index (Phi) is 2.86. The number of aromatic nitrogens is 1. The summed E-state index contributed by atoms with van der Waals surface area (Å²) in [6, 6.07) is 4.21. The Morgan fingerprint density at radius 2 is 1.83 bits per heavy atom. The van der Waals surface area contributed by atoms with Gasteiger partial charge in [-0.05, 0) is 19.1 Å². The number of phenols is 1. The molecule has 0 bridgehead atoms. The Bertz CT molecular complexity index is 609. The van der Waals surface area contributed by atoms with Crippen molar-refractivity contribution >= 4 is 5.69 Å². The summed E-state index contributed by atoms with van der Waals surface area (Å²) < 4.78 is 39.5. The van der Waals surface area contributed by atoms with Gasteiger partial charge in [0.25, 0.3) is 5.95 Å². The van der Waals surface area contributed by atoms with E-state index in [9.17, 15) is 18.3 Å². The minimum atomic E-state index is -1.65. The van der Waals surface area contributed by atoms with Crippen LogP contribution in [-0.4, -0.2) is 10.1 Å². The molecule has 18 heavy (non-hydrogen) atoms. The first kappa shape index (κ1) is 12.2. The van der Waals surface area contributed by atoms with E-state index >= 15 is 0 Å². The van der Waals surface area contributed by atoms with Crippen LogP contribution in [0.25, 0.3) is 11.3 Å². The van der Waals surface area contributed by atoms with Crippen LogP contribution in [0.3, 0.4) is 0 Å². The fourth-order valence-electron chi connectivity index (χ4n) is 1.65. The molecule has 94 valence electrons. The van der Waals surface area contributed by atoms with Crippen molar-refractivity contribution in [2.24, 2.45) is 0 Å². The Balaban J connectivity index is 2.80. The van der Waals surface area contributed by atoms with Crippen molar-refractivity contribution < 1.29 is 18.3 Å². The van der Waals surface area contributed by atoms with Crippen LogP contribution in [-0.2, 0) is 0 Å². The summed E-state index contributed by atoms with van der Waals surface area (Å²) in [7, 11) is 0. The number of aromatic hydroxyl groups is 1. The normalized spacial score (nSPS) is 10.7. The van der Waals surface area contributed by atoms with Crippen LogP contribution >= 0.6 is 0 Å². The zero-order valence-corrected chi connectivity index (χ0v) is 9.34. The summed E-state index contributed by atoms with van der Waals surface area (Å²) in [4.78, 5) is 3.30. The van der Waals surface area contributed by atoms with Gasteiger partial charge in [-0.25, -0.2) is 9.37 Å². The van der Waals surface area contributed by atoms with Crippen LogP contribution in [0.5, 0.6) is 5.75 Å². The molecular formula is C12H9F3N2O. The second kappa shape index (κ2) is 4.21. The van der Waals surface area contributed by atoms with Crippen molar-refractivity contribution in [2.75, 3.05) is 5.73 Å². The summed E-state index contributed by atoms with van der Waals surface area (Å²) >= 11 is 0. The lowest BCUT2D eigenvalue weighted by atomic mass is 10.0. The third-order valence-electron chi connectivity index (χ3n) is 2.58. The fraction of sp³-hybridized carbons (Fsp3) is 0.0833. The van der Waals surface area contributed by atoms with Gasteiger partial charge in [-0.1, -0.05) is 6.07 Å². The third kappa shape index (κ3) is 1.75. The number of nitrogens with zero attached hydrogens (tertiary/aromatic N) is 1. The summed E-state index contributed by atoms with van der Waals surface area (Å²) in [5.41, 5.74) is 5.25. The minimum Gasteiger partial charge on any atom is -0.507 e. The van der Waals surface area contributed by atoms with Gasteiger partial charge < -0.3 is 10.8 Å². The number of benzene rings is 1. The van der Waals surface area contributed by atoms with Gasteiger partial charge in [0.1, 0.15) is 5.75 Å². The molecule has 0 saturated carbocycles. The second-order valence-electron chi connectivity index (χ2n) is 3.75. The van der Waals surface area contributed by atoms with Gasteiger partial charge >= 0.3 is 0 Å². The molecule has 0 radical (unpaired) electrons. The molecule has 0 aliphatic carbocycles. The van der Waals surface area contributed by atoms with Crippen LogP contribution in [0.4, 0.5) is 18.9 Å². The van der Waals surface area contributed by atoms with Gasteiger partial charge in [-0.15, -0.1) is 0 Å². The van der Waals surface area contributed by atoms with Crippen LogP contribution < -0.4 is 5.73 Å². The molecule has 0 unspecified atom stereocenters. The monoisotopic (exact) mass is 254 g/mol. The summed E-state index contributed by atoms with van der Waals surface area (Å²) in [5.74, 6) is -4.85. The first-order chi connectivity index (χ1) is 8.43. The quantitative estimate of drug-likeness (QED) is 0.607. The predicted molar refractivity (Wildman–Crippen MR) is 60.4 cm³/mol. The van der Waals surface area contributed by atoms with Crippen molar-refractivity contribution in [1.82, 2.24) is 4.98 Å². The lowest BCUT2D eigenvalue weighted by Crippen LogP contribution is -2.03. The maximum atomic E-state index is 13.4. The molecular weight excluding hydrogens is 245 g/mol. The molecule has 0 saturated heterocycles. The van der Waals surface area contributed by atoms with Gasteiger partial charge in [0.2, 0.25) is 5.82 Å². The van der Waals surface area contributed by atoms with Crippen LogP contribution in [0.15, 0.2) is 18.2 Å². The average molecular weight is 254 g/mol. The van der Waals surface area contributed by atoms with E-state index in [4.69, 9.17) is 5.73 Å². The molecule has 2 rings (SSSR count). The highest BCUT2D eigenvalue weighted by Crippen LogP contribution is 2.36. The molecule has 0 atom stereocenters. The van der Waals surface area contributed by atoms with Crippen molar-refractivity contribution in [3.63, 3.8) is 0 Å². The minimum absolute atomic E-state index is 0.0206. The molecule has 0 aliphatic rings. The van der Waals surface area contributed by atoms with E-state index < -0.39 is 17.6 Å². The molecule has 1 aromatic heterocycles. The first-order valence-corrected chi connectivity index (χ1v) is 5.02. The molecule has 2 aromatic rings. The number of nitrogens with two attached hydrogens (primary N) is 1. The molecule has 0 amide bonds. The van der Waals surface area contributed by atoms with Gasteiger partial charge in [-0.2, -0.15) is 8.78 Å².